The summed E-state index contributed by atoms with van der Waals surface area (Å²) in [6.45, 7) is 5.59. The van der Waals surface area contributed by atoms with Crippen molar-refractivity contribution in [1.29, 1.82) is 0 Å². The molecule has 5 heteroatoms. The van der Waals surface area contributed by atoms with Crippen molar-refractivity contribution >= 4 is 17.4 Å². The molecular formula is C18H22FN3O. The number of anilines is 2. The molecule has 0 aliphatic rings. The third-order valence-electron chi connectivity index (χ3n) is 3.38. The average Bonchev–Trinajstić information content (AvgIpc) is 2.54. The molecule has 0 unspecified atom stereocenters. The van der Waals surface area contributed by atoms with Gasteiger partial charge in [0.05, 0.1) is 0 Å². The minimum atomic E-state index is -0.320. The van der Waals surface area contributed by atoms with Gasteiger partial charge in [0.15, 0.2) is 0 Å². The molecule has 4 nitrogen and oxygen atoms in total. The molecule has 0 bridgehead atoms. The van der Waals surface area contributed by atoms with Gasteiger partial charge in [-0.2, -0.15) is 0 Å². The molecule has 1 aromatic carbocycles. The smallest absolute Gasteiger partial charge is 0.254 e. The third-order valence-corrected chi connectivity index (χ3v) is 3.38. The second kappa shape index (κ2) is 8.27. The lowest BCUT2D eigenvalue weighted by Gasteiger charge is -2.21. The van der Waals surface area contributed by atoms with Crippen LogP contribution in [0.5, 0.6) is 0 Å². The van der Waals surface area contributed by atoms with E-state index in [1.807, 2.05) is 4.90 Å². The van der Waals surface area contributed by atoms with Gasteiger partial charge in [0.25, 0.3) is 5.91 Å². The van der Waals surface area contributed by atoms with Crippen molar-refractivity contribution in [2.75, 3.05) is 18.4 Å². The van der Waals surface area contributed by atoms with Crippen molar-refractivity contribution in [2.24, 2.45) is 0 Å². The van der Waals surface area contributed by atoms with Gasteiger partial charge in [-0.25, -0.2) is 9.37 Å². The van der Waals surface area contributed by atoms with E-state index >= 15 is 0 Å². The second-order valence-corrected chi connectivity index (χ2v) is 5.36. The molecule has 0 aliphatic carbocycles. The predicted molar refractivity (Wildman–Crippen MR) is 90.4 cm³/mol. The van der Waals surface area contributed by atoms with Crippen LogP contribution >= 0.6 is 0 Å². The molecule has 0 fully saturated rings. The summed E-state index contributed by atoms with van der Waals surface area (Å²) in [5.41, 5.74) is 1.18. The molecule has 122 valence electrons. The number of halogens is 1. The molecule has 0 aliphatic heterocycles. The summed E-state index contributed by atoms with van der Waals surface area (Å²) in [6.07, 6.45) is 3.43. The maximum Gasteiger partial charge on any atom is 0.254 e. The fourth-order valence-electron chi connectivity index (χ4n) is 2.38. The Morgan fingerprint density at radius 2 is 1.91 bits per heavy atom. The SMILES string of the molecule is CCCN(CCC)C(=O)c1ccnc(Nc2cccc(F)c2)c1. The van der Waals surface area contributed by atoms with Crippen molar-refractivity contribution in [2.45, 2.75) is 26.7 Å². The van der Waals surface area contributed by atoms with Gasteiger partial charge in [-0.3, -0.25) is 4.79 Å². The lowest BCUT2D eigenvalue weighted by Crippen LogP contribution is -2.32. The Morgan fingerprint density at radius 3 is 2.57 bits per heavy atom. The van der Waals surface area contributed by atoms with Crippen LogP contribution in [0, 0.1) is 5.82 Å². The Bertz CT molecular complexity index is 654. The second-order valence-electron chi connectivity index (χ2n) is 5.36. The number of amides is 1. The van der Waals surface area contributed by atoms with Gasteiger partial charge >= 0.3 is 0 Å². The molecule has 1 N–H and O–H groups in total. The number of benzene rings is 1. The van der Waals surface area contributed by atoms with Crippen LogP contribution in [0.15, 0.2) is 42.6 Å². The Labute approximate surface area is 136 Å². The number of nitrogens with one attached hydrogen (secondary N) is 1. The number of carbonyl (C=O) groups is 1. The van der Waals surface area contributed by atoms with Crippen molar-refractivity contribution in [3.63, 3.8) is 0 Å². The number of hydrogen-bond donors (Lipinski definition) is 1. The third kappa shape index (κ3) is 4.77. The topological polar surface area (TPSA) is 45.2 Å². The Hall–Kier alpha value is -2.43. The summed E-state index contributed by atoms with van der Waals surface area (Å²) >= 11 is 0. The minimum absolute atomic E-state index is 0.00149. The summed E-state index contributed by atoms with van der Waals surface area (Å²) < 4.78 is 13.2. The number of aromatic nitrogens is 1. The zero-order valence-electron chi connectivity index (χ0n) is 13.6. The van der Waals surface area contributed by atoms with Gasteiger partial charge in [0, 0.05) is 30.5 Å². The number of hydrogen-bond acceptors (Lipinski definition) is 3. The van der Waals surface area contributed by atoms with Crippen molar-refractivity contribution in [3.05, 3.63) is 54.0 Å². The first-order valence-electron chi connectivity index (χ1n) is 7.92. The largest absolute Gasteiger partial charge is 0.340 e. The minimum Gasteiger partial charge on any atom is -0.340 e. The van der Waals surface area contributed by atoms with E-state index in [1.165, 1.54) is 12.1 Å². The average molecular weight is 315 g/mol. The van der Waals surface area contributed by atoms with E-state index in [0.29, 0.717) is 17.1 Å². The fraction of sp³-hybridized carbons (Fsp3) is 0.333. The first-order valence-corrected chi connectivity index (χ1v) is 7.92. The highest BCUT2D eigenvalue weighted by Crippen LogP contribution is 2.17. The molecule has 0 radical (unpaired) electrons. The lowest BCUT2D eigenvalue weighted by atomic mass is 10.2. The Kier molecular flexibility index (Phi) is 6.09. The highest BCUT2D eigenvalue weighted by atomic mass is 19.1. The Balaban J connectivity index is 2.16. The normalized spacial score (nSPS) is 10.4. The number of nitrogens with zero attached hydrogens (tertiary/aromatic N) is 2. The summed E-state index contributed by atoms with van der Waals surface area (Å²) in [6, 6.07) is 9.54. The molecule has 2 rings (SSSR count). The van der Waals surface area contributed by atoms with E-state index in [4.69, 9.17) is 0 Å². The van der Waals surface area contributed by atoms with E-state index in [0.717, 1.165) is 25.9 Å². The number of pyridine rings is 1. The van der Waals surface area contributed by atoms with Crippen LogP contribution in [0.4, 0.5) is 15.9 Å². The van der Waals surface area contributed by atoms with E-state index in [2.05, 4.69) is 24.1 Å². The van der Waals surface area contributed by atoms with E-state index in [1.54, 1.807) is 30.5 Å². The zero-order valence-corrected chi connectivity index (χ0v) is 13.6. The molecule has 1 aromatic heterocycles. The molecular weight excluding hydrogens is 293 g/mol. The van der Waals surface area contributed by atoms with Gasteiger partial charge < -0.3 is 10.2 Å². The van der Waals surface area contributed by atoms with E-state index < -0.39 is 0 Å². The van der Waals surface area contributed by atoms with Crippen LogP contribution in [-0.2, 0) is 0 Å². The maximum atomic E-state index is 13.2. The lowest BCUT2D eigenvalue weighted by molar-refractivity contribution is 0.0755. The monoisotopic (exact) mass is 315 g/mol. The first-order chi connectivity index (χ1) is 11.1. The maximum absolute atomic E-state index is 13.2. The Morgan fingerprint density at radius 1 is 1.17 bits per heavy atom. The first kappa shape index (κ1) is 16.9. The highest BCUT2D eigenvalue weighted by molar-refractivity contribution is 5.95. The molecule has 2 aromatic rings. The molecule has 0 saturated heterocycles. The van der Waals surface area contributed by atoms with Gasteiger partial charge in [0.1, 0.15) is 11.6 Å². The van der Waals surface area contributed by atoms with Crippen molar-refractivity contribution in [3.8, 4) is 0 Å². The van der Waals surface area contributed by atoms with Crippen LogP contribution < -0.4 is 5.32 Å². The summed E-state index contributed by atoms with van der Waals surface area (Å²) in [5, 5.41) is 3.02. The van der Waals surface area contributed by atoms with Gasteiger partial charge in [-0.15, -0.1) is 0 Å². The van der Waals surface area contributed by atoms with Crippen LogP contribution in [-0.4, -0.2) is 28.9 Å². The molecule has 0 saturated carbocycles. The highest BCUT2D eigenvalue weighted by Gasteiger charge is 2.14. The van der Waals surface area contributed by atoms with Crippen LogP contribution in [0.3, 0.4) is 0 Å². The van der Waals surface area contributed by atoms with Gasteiger partial charge in [0.2, 0.25) is 0 Å². The number of carbonyl (C=O) groups excluding carboxylic acids is 1. The van der Waals surface area contributed by atoms with Crippen molar-refractivity contribution < 1.29 is 9.18 Å². The summed E-state index contributed by atoms with van der Waals surface area (Å²) in [4.78, 5) is 18.6. The molecule has 1 heterocycles. The van der Waals surface area contributed by atoms with Crippen molar-refractivity contribution in [1.82, 2.24) is 9.88 Å². The quantitative estimate of drug-likeness (QED) is 0.832. The van der Waals surface area contributed by atoms with Crippen LogP contribution in [0.2, 0.25) is 0 Å². The number of rotatable bonds is 7. The summed E-state index contributed by atoms with van der Waals surface area (Å²) in [5.74, 6) is 0.201. The van der Waals surface area contributed by atoms with Gasteiger partial charge in [-0.05, 0) is 43.2 Å². The summed E-state index contributed by atoms with van der Waals surface area (Å²) in [7, 11) is 0. The molecule has 1 amide bonds. The molecule has 23 heavy (non-hydrogen) atoms. The standard InChI is InChI=1S/C18H22FN3O/c1-3-10-22(11-4-2)18(23)14-8-9-20-17(12-14)21-16-7-5-6-15(19)13-16/h5-9,12-13H,3-4,10-11H2,1-2H3,(H,20,21). The predicted octanol–water partition coefficient (Wildman–Crippen LogP) is 4.23. The molecule has 0 spiro atoms. The van der Waals surface area contributed by atoms with E-state index in [9.17, 15) is 9.18 Å². The van der Waals surface area contributed by atoms with Gasteiger partial charge in [-0.1, -0.05) is 19.9 Å². The van der Waals surface area contributed by atoms with Crippen LogP contribution in [0.25, 0.3) is 0 Å². The fourth-order valence-corrected chi connectivity index (χ4v) is 2.38. The van der Waals surface area contributed by atoms with E-state index in [-0.39, 0.29) is 11.7 Å². The molecule has 0 atom stereocenters. The zero-order chi connectivity index (χ0) is 16.7. The van der Waals surface area contributed by atoms with Crippen LogP contribution in [0.1, 0.15) is 37.0 Å².